The lowest BCUT2D eigenvalue weighted by atomic mass is 9.91. The van der Waals surface area contributed by atoms with Crippen LogP contribution in [-0.4, -0.2) is 48.4 Å². The van der Waals surface area contributed by atoms with Crippen molar-refractivity contribution in [3.63, 3.8) is 0 Å². The number of allylic oxidation sites excluding steroid dienone is 1. The van der Waals surface area contributed by atoms with Crippen molar-refractivity contribution in [2.45, 2.75) is 106 Å². The van der Waals surface area contributed by atoms with Gasteiger partial charge in [-0.3, -0.25) is 9.69 Å². The second-order valence-corrected chi connectivity index (χ2v) is 11.2. The zero-order chi connectivity index (χ0) is 23.2. The van der Waals surface area contributed by atoms with Crippen LogP contribution in [0.3, 0.4) is 0 Å². The maximum absolute atomic E-state index is 12.1. The molecule has 2 unspecified atom stereocenters. The number of hydrogen-bond donors (Lipinski definition) is 0. The molecule has 0 aromatic carbocycles. The van der Waals surface area contributed by atoms with Crippen molar-refractivity contribution < 1.29 is 4.79 Å². The van der Waals surface area contributed by atoms with E-state index in [1.165, 1.54) is 63.4 Å². The summed E-state index contributed by atoms with van der Waals surface area (Å²) in [5.74, 6) is 3.05. The van der Waals surface area contributed by atoms with Crippen molar-refractivity contribution in [2.24, 2.45) is 23.7 Å². The van der Waals surface area contributed by atoms with Crippen LogP contribution in [0.4, 0.5) is 0 Å². The molecule has 0 aromatic rings. The Bertz CT molecular complexity index is 503. The maximum Gasteiger partial charge on any atom is 0.225 e. The van der Waals surface area contributed by atoms with Crippen LogP contribution in [0.5, 0.6) is 0 Å². The first kappa shape index (κ1) is 28.2. The summed E-state index contributed by atoms with van der Waals surface area (Å²) in [6, 6.07) is 0. The summed E-state index contributed by atoms with van der Waals surface area (Å²) in [5.41, 5.74) is 1.53. The zero-order valence-corrected chi connectivity index (χ0v) is 22.1. The Morgan fingerprint density at radius 2 is 1.29 bits per heavy atom. The van der Waals surface area contributed by atoms with Gasteiger partial charge in [0.05, 0.1) is 0 Å². The lowest BCUT2D eigenvalue weighted by Gasteiger charge is -2.35. The average Bonchev–Trinajstić information content (AvgIpc) is 2.71. The lowest BCUT2D eigenvalue weighted by Crippen LogP contribution is -2.49. The van der Waals surface area contributed by atoms with Gasteiger partial charge in [0.2, 0.25) is 5.91 Å². The molecule has 1 rings (SSSR count). The third kappa shape index (κ3) is 13.3. The largest absolute Gasteiger partial charge is 0.340 e. The molecule has 1 fully saturated rings. The summed E-state index contributed by atoms with van der Waals surface area (Å²) >= 11 is 0. The molecule has 0 spiro atoms. The Kier molecular flexibility index (Phi) is 14.5. The van der Waals surface area contributed by atoms with Gasteiger partial charge in [-0.05, 0) is 37.5 Å². The van der Waals surface area contributed by atoms with Crippen LogP contribution >= 0.6 is 0 Å². The zero-order valence-electron chi connectivity index (χ0n) is 22.1. The monoisotopic (exact) mass is 434 g/mol. The normalized spacial score (nSPS) is 18.1. The molecule has 0 bridgehead atoms. The molecule has 3 heteroatoms. The fourth-order valence-corrected chi connectivity index (χ4v) is 4.61. The highest BCUT2D eigenvalue weighted by Gasteiger charge is 2.22. The number of piperazine rings is 1. The number of nitrogens with zero attached hydrogens (tertiary/aromatic N) is 2. The van der Waals surface area contributed by atoms with Gasteiger partial charge in [0.1, 0.15) is 0 Å². The quantitative estimate of drug-likeness (QED) is 0.255. The SMILES string of the molecule is C/C(=C\CN1CCN(C(=O)C(C)C)CC1)CCCC(C)CCCC(C)CCCC(C)C. The van der Waals surface area contributed by atoms with Gasteiger partial charge in [0, 0.05) is 38.6 Å². The van der Waals surface area contributed by atoms with E-state index in [9.17, 15) is 4.79 Å². The van der Waals surface area contributed by atoms with Crippen molar-refractivity contribution in [3.05, 3.63) is 11.6 Å². The molecule has 1 saturated heterocycles. The second kappa shape index (κ2) is 15.9. The van der Waals surface area contributed by atoms with Crippen LogP contribution in [0, 0.1) is 23.7 Å². The molecule has 0 saturated carbocycles. The number of amides is 1. The van der Waals surface area contributed by atoms with Crippen LogP contribution in [0.15, 0.2) is 11.6 Å². The molecule has 0 N–H and O–H groups in total. The van der Waals surface area contributed by atoms with E-state index in [0.717, 1.165) is 50.5 Å². The topological polar surface area (TPSA) is 23.6 Å². The Labute approximate surface area is 195 Å². The highest BCUT2D eigenvalue weighted by molar-refractivity contribution is 5.78. The highest BCUT2D eigenvalue weighted by atomic mass is 16.2. The van der Waals surface area contributed by atoms with Crippen molar-refractivity contribution in [3.8, 4) is 0 Å². The smallest absolute Gasteiger partial charge is 0.225 e. The van der Waals surface area contributed by atoms with E-state index >= 15 is 0 Å². The van der Waals surface area contributed by atoms with E-state index in [4.69, 9.17) is 0 Å². The molecule has 0 radical (unpaired) electrons. The number of rotatable bonds is 15. The van der Waals surface area contributed by atoms with E-state index in [1.807, 2.05) is 18.7 Å². The Balaban J connectivity index is 2.09. The first-order valence-electron chi connectivity index (χ1n) is 13.4. The van der Waals surface area contributed by atoms with Crippen LogP contribution in [0.2, 0.25) is 0 Å². The van der Waals surface area contributed by atoms with E-state index in [-0.39, 0.29) is 5.92 Å². The molecular formula is C28H54N2O. The fraction of sp³-hybridized carbons (Fsp3) is 0.893. The van der Waals surface area contributed by atoms with Crippen LogP contribution in [0.1, 0.15) is 106 Å². The molecule has 2 atom stereocenters. The summed E-state index contributed by atoms with van der Waals surface area (Å²) in [4.78, 5) is 16.6. The molecule has 1 amide bonds. The Hall–Kier alpha value is -0.830. The van der Waals surface area contributed by atoms with Crippen LogP contribution in [0.25, 0.3) is 0 Å². The predicted octanol–water partition coefficient (Wildman–Crippen LogP) is 7.17. The predicted molar refractivity (Wildman–Crippen MR) is 136 cm³/mol. The summed E-state index contributed by atoms with van der Waals surface area (Å²) in [7, 11) is 0. The molecule has 1 heterocycles. The summed E-state index contributed by atoms with van der Waals surface area (Å²) < 4.78 is 0. The van der Waals surface area contributed by atoms with Gasteiger partial charge in [-0.1, -0.05) is 98.1 Å². The molecule has 1 aliphatic heterocycles. The van der Waals surface area contributed by atoms with Gasteiger partial charge in [0.25, 0.3) is 0 Å². The van der Waals surface area contributed by atoms with Crippen molar-refractivity contribution >= 4 is 5.91 Å². The minimum atomic E-state index is 0.120. The summed E-state index contributed by atoms with van der Waals surface area (Å²) in [5, 5.41) is 0. The molecular weight excluding hydrogens is 380 g/mol. The van der Waals surface area contributed by atoms with Gasteiger partial charge >= 0.3 is 0 Å². The minimum Gasteiger partial charge on any atom is -0.340 e. The highest BCUT2D eigenvalue weighted by Crippen LogP contribution is 2.22. The standard InChI is InChI=1S/C28H54N2O/c1-23(2)11-8-12-25(5)13-9-14-26(6)15-10-16-27(7)17-18-29-19-21-30(22-20-29)28(31)24(3)4/h17,23-26H,8-16,18-22H2,1-7H3/b27-17+. The van der Waals surface area contributed by atoms with E-state index in [0.29, 0.717) is 5.91 Å². The van der Waals surface area contributed by atoms with Crippen molar-refractivity contribution in [1.29, 1.82) is 0 Å². The first-order chi connectivity index (χ1) is 14.7. The van der Waals surface area contributed by atoms with Crippen molar-refractivity contribution in [2.75, 3.05) is 32.7 Å². The minimum absolute atomic E-state index is 0.120. The van der Waals surface area contributed by atoms with Crippen LogP contribution in [-0.2, 0) is 4.79 Å². The summed E-state index contributed by atoms with van der Waals surface area (Å²) in [6.07, 6.45) is 14.8. The summed E-state index contributed by atoms with van der Waals surface area (Å²) in [6.45, 7) is 20.7. The number of hydrogen-bond acceptors (Lipinski definition) is 2. The third-order valence-electron chi connectivity index (χ3n) is 7.02. The van der Waals surface area contributed by atoms with Gasteiger partial charge in [-0.2, -0.15) is 0 Å². The fourth-order valence-electron chi connectivity index (χ4n) is 4.61. The second-order valence-electron chi connectivity index (χ2n) is 11.2. The van der Waals surface area contributed by atoms with E-state index in [2.05, 4.69) is 45.6 Å². The van der Waals surface area contributed by atoms with Gasteiger partial charge in [-0.15, -0.1) is 0 Å². The van der Waals surface area contributed by atoms with E-state index < -0.39 is 0 Å². The number of carbonyl (C=O) groups excluding carboxylic acids is 1. The number of carbonyl (C=O) groups is 1. The van der Waals surface area contributed by atoms with Crippen molar-refractivity contribution in [1.82, 2.24) is 9.80 Å². The van der Waals surface area contributed by atoms with Gasteiger partial charge in [0.15, 0.2) is 0 Å². The molecule has 0 aliphatic carbocycles. The lowest BCUT2D eigenvalue weighted by molar-refractivity contribution is -0.136. The average molecular weight is 435 g/mol. The van der Waals surface area contributed by atoms with Crippen LogP contribution < -0.4 is 0 Å². The molecule has 3 nitrogen and oxygen atoms in total. The third-order valence-corrected chi connectivity index (χ3v) is 7.02. The molecule has 182 valence electrons. The van der Waals surface area contributed by atoms with E-state index in [1.54, 1.807) is 0 Å². The first-order valence-corrected chi connectivity index (χ1v) is 13.4. The maximum atomic E-state index is 12.1. The van der Waals surface area contributed by atoms with Gasteiger partial charge < -0.3 is 4.90 Å². The Morgan fingerprint density at radius 1 is 0.774 bits per heavy atom. The van der Waals surface area contributed by atoms with Gasteiger partial charge in [-0.25, -0.2) is 0 Å². The molecule has 31 heavy (non-hydrogen) atoms. The molecule has 1 aliphatic rings. The Morgan fingerprint density at radius 3 is 1.81 bits per heavy atom. The molecule has 0 aromatic heterocycles.